The molecule has 0 aliphatic heterocycles. The molecule has 1 heterocycles. The van der Waals surface area contributed by atoms with Crippen molar-refractivity contribution < 1.29 is 0 Å². The zero-order valence-electron chi connectivity index (χ0n) is 13.2. The molecule has 2 rings (SSSR count). The van der Waals surface area contributed by atoms with E-state index in [1.165, 1.54) is 20.5 Å². The van der Waals surface area contributed by atoms with Gasteiger partial charge in [-0.05, 0) is 45.1 Å². The van der Waals surface area contributed by atoms with Gasteiger partial charge in [0, 0.05) is 27.2 Å². The van der Waals surface area contributed by atoms with Gasteiger partial charge in [-0.15, -0.1) is 11.3 Å². The van der Waals surface area contributed by atoms with Crippen LogP contribution in [0.2, 0.25) is 0 Å². The van der Waals surface area contributed by atoms with Gasteiger partial charge in [-0.2, -0.15) is 0 Å². The molecule has 1 N–H and O–H groups in total. The molecule has 3 heteroatoms. The second-order valence-corrected chi connectivity index (χ2v) is 8.33. The molecular formula is C18H24BrNS. The van der Waals surface area contributed by atoms with E-state index in [1.807, 2.05) is 11.3 Å². The van der Waals surface area contributed by atoms with E-state index in [0.717, 1.165) is 13.0 Å². The van der Waals surface area contributed by atoms with Crippen LogP contribution in [0.15, 0.2) is 40.2 Å². The first-order valence-electron chi connectivity index (χ1n) is 7.47. The van der Waals surface area contributed by atoms with Gasteiger partial charge < -0.3 is 5.32 Å². The van der Waals surface area contributed by atoms with Gasteiger partial charge in [-0.1, -0.05) is 52.0 Å². The fraction of sp³-hybridized carbons (Fsp3) is 0.444. The Kier molecular flexibility index (Phi) is 5.64. The maximum absolute atomic E-state index is 3.61. The molecule has 1 atom stereocenters. The molecule has 0 radical (unpaired) electrons. The highest BCUT2D eigenvalue weighted by atomic mass is 79.9. The zero-order chi connectivity index (χ0) is 15.5. The summed E-state index contributed by atoms with van der Waals surface area (Å²) in [5.41, 5.74) is 2.97. The minimum absolute atomic E-state index is 0.213. The molecule has 1 unspecified atom stereocenters. The summed E-state index contributed by atoms with van der Waals surface area (Å²) in [6.45, 7) is 9.92. The molecule has 0 saturated heterocycles. The smallest absolute Gasteiger partial charge is 0.0368 e. The quantitative estimate of drug-likeness (QED) is 0.716. The molecule has 114 valence electrons. The van der Waals surface area contributed by atoms with Crippen molar-refractivity contribution in [2.75, 3.05) is 6.54 Å². The van der Waals surface area contributed by atoms with Crippen LogP contribution in [0.25, 0.3) is 0 Å². The lowest BCUT2D eigenvalue weighted by atomic mass is 9.86. The zero-order valence-corrected chi connectivity index (χ0v) is 15.6. The topological polar surface area (TPSA) is 12.0 Å². The van der Waals surface area contributed by atoms with Gasteiger partial charge in [0.05, 0.1) is 0 Å². The third kappa shape index (κ3) is 4.67. The minimum atomic E-state index is 0.213. The molecular weight excluding hydrogens is 342 g/mol. The van der Waals surface area contributed by atoms with Gasteiger partial charge in [-0.25, -0.2) is 0 Å². The minimum Gasteiger partial charge on any atom is -0.310 e. The Morgan fingerprint density at radius 2 is 1.86 bits per heavy atom. The number of hydrogen-bond acceptors (Lipinski definition) is 2. The third-order valence-electron chi connectivity index (χ3n) is 3.66. The highest BCUT2D eigenvalue weighted by Crippen LogP contribution is 2.28. The van der Waals surface area contributed by atoms with Crippen molar-refractivity contribution in [2.24, 2.45) is 0 Å². The van der Waals surface area contributed by atoms with Crippen molar-refractivity contribution in [1.29, 1.82) is 0 Å². The third-order valence-corrected chi connectivity index (χ3v) is 5.38. The normalized spacial score (nSPS) is 13.4. The maximum Gasteiger partial charge on any atom is 0.0368 e. The number of nitrogens with one attached hydrogen (secondary N) is 1. The highest BCUT2D eigenvalue weighted by Gasteiger charge is 2.16. The number of hydrogen-bond donors (Lipinski definition) is 1. The van der Waals surface area contributed by atoms with Crippen LogP contribution in [-0.2, 0) is 11.8 Å². The standard InChI is InChI=1S/C18H24BrNS/c1-5-20-17(11-16-10-15(19)12-21-16)13-6-8-14(9-7-13)18(2,3)4/h6-10,12,17,20H,5,11H2,1-4H3. The summed E-state index contributed by atoms with van der Waals surface area (Å²) < 4.78 is 1.18. The molecule has 0 bridgehead atoms. The van der Waals surface area contributed by atoms with Crippen LogP contribution >= 0.6 is 27.3 Å². The molecule has 0 aliphatic carbocycles. The average molecular weight is 366 g/mol. The number of rotatable bonds is 5. The van der Waals surface area contributed by atoms with Crippen LogP contribution in [0.1, 0.15) is 49.7 Å². The van der Waals surface area contributed by atoms with Crippen molar-refractivity contribution in [2.45, 2.75) is 45.6 Å². The van der Waals surface area contributed by atoms with E-state index in [-0.39, 0.29) is 5.41 Å². The molecule has 1 aromatic heterocycles. The Labute approximate surface area is 140 Å². The number of likely N-dealkylation sites (N-methyl/N-ethyl adjacent to an activating group) is 1. The first-order valence-corrected chi connectivity index (χ1v) is 9.14. The predicted octanol–water partition coefficient (Wildman–Crippen LogP) is 5.70. The van der Waals surface area contributed by atoms with Gasteiger partial charge in [0.2, 0.25) is 0 Å². The van der Waals surface area contributed by atoms with Crippen molar-refractivity contribution in [3.05, 3.63) is 56.2 Å². The second-order valence-electron chi connectivity index (χ2n) is 6.42. The SMILES string of the molecule is CCNC(Cc1cc(Br)cs1)c1ccc(C(C)(C)C)cc1. The largest absolute Gasteiger partial charge is 0.310 e. The number of thiophene rings is 1. The Hall–Kier alpha value is -0.640. The van der Waals surface area contributed by atoms with Crippen molar-refractivity contribution in [1.82, 2.24) is 5.32 Å². The number of benzene rings is 1. The maximum atomic E-state index is 3.61. The first-order chi connectivity index (χ1) is 9.90. The molecule has 1 nitrogen and oxygen atoms in total. The first kappa shape index (κ1) is 16.7. The Morgan fingerprint density at radius 3 is 2.33 bits per heavy atom. The summed E-state index contributed by atoms with van der Waals surface area (Å²) in [4.78, 5) is 1.41. The summed E-state index contributed by atoms with van der Waals surface area (Å²) in [7, 11) is 0. The summed E-state index contributed by atoms with van der Waals surface area (Å²) in [6.07, 6.45) is 1.04. The summed E-state index contributed by atoms with van der Waals surface area (Å²) in [6, 6.07) is 11.7. The van der Waals surface area contributed by atoms with E-state index >= 15 is 0 Å². The van der Waals surface area contributed by atoms with Gasteiger partial charge in [-0.3, -0.25) is 0 Å². The molecule has 0 amide bonds. The highest BCUT2D eigenvalue weighted by molar-refractivity contribution is 9.10. The van der Waals surface area contributed by atoms with E-state index in [4.69, 9.17) is 0 Å². The van der Waals surface area contributed by atoms with Crippen LogP contribution in [0, 0.1) is 0 Å². The summed E-state index contributed by atoms with van der Waals surface area (Å²) in [5, 5.41) is 5.76. The Bertz CT molecular complexity index is 566. The molecule has 0 fully saturated rings. The van der Waals surface area contributed by atoms with E-state index in [9.17, 15) is 0 Å². The van der Waals surface area contributed by atoms with Gasteiger partial charge >= 0.3 is 0 Å². The van der Waals surface area contributed by atoms with Crippen LogP contribution < -0.4 is 5.32 Å². The van der Waals surface area contributed by atoms with Gasteiger partial charge in [0.25, 0.3) is 0 Å². The molecule has 21 heavy (non-hydrogen) atoms. The van der Waals surface area contributed by atoms with Crippen LogP contribution in [0.5, 0.6) is 0 Å². The number of halogens is 1. The Balaban J connectivity index is 2.17. The van der Waals surface area contributed by atoms with E-state index in [2.05, 4.69) is 84.7 Å². The van der Waals surface area contributed by atoms with Crippen molar-refractivity contribution in [3.8, 4) is 0 Å². The monoisotopic (exact) mass is 365 g/mol. The van der Waals surface area contributed by atoms with Crippen LogP contribution in [0.3, 0.4) is 0 Å². The molecule has 1 aromatic carbocycles. The lowest BCUT2D eigenvalue weighted by Crippen LogP contribution is -2.23. The molecule has 0 spiro atoms. The lowest BCUT2D eigenvalue weighted by molar-refractivity contribution is 0.550. The van der Waals surface area contributed by atoms with Gasteiger partial charge in [0.15, 0.2) is 0 Å². The predicted molar refractivity (Wildman–Crippen MR) is 97.3 cm³/mol. The molecule has 0 aliphatic rings. The van der Waals surface area contributed by atoms with E-state index < -0.39 is 0 Å². The van der Waals surface area contributed by atoms with Crippen molar-refractivity contribution >= 4 is 27.3 Å². The van der Waals surface area contributed by atoms with Gasteiger partial charge in [0.1, 0.15) is 0 Å². The fourth-order valence-corrected chi connectivity index (χ4v) is 3.93. The fourth-order valence-electron chi connectivity index (χ4n) is 2.43. The molecule has 0 saturated carbocycles. The van der Waals surface area contributed by atoms with Crippen LogP contribution in [-0.4, -0.2) is 6.54 Å². The molecule has 2 aromatic rings. The summed E-state index contributed by atoms with van der Waals surface area (Å²) in [5.74, 6) is 0. The second kappa shape index (κ2) is 7.08. The van der Waals surface area contributed by atoms with Crippen molar-refractivity contribution in [3.63, 3.8) is 0 Å². The van der Waals surface area contributed by atoms with E-state index in [1.54, 1.807) is 0 Å². The van der Waals surface area contributed by atoms with Crippen LogP contribution in [0.4, 0.5) is 0 Å². The lowest BCUT2D eigenvalue weighted by Gasteiger charge is -2.22. The Morgan fingerprint density at radius 1 is 1.19 bits per heavy atom. The average Bonchev–Trinajstić information content (AvgIpc) is 2.83. The summed E-state index contributed by atoms with van der Waals surface area (Å²) >= 11 is 5.36. The van der Waals surface area contributed by atoms with E-state index in [0.29, 0.717) is 6.04 Å².